The van der Waals surface area contributed by atoms with Gasteiger partial charge < -0.3 is 4.74 Å². The molecule has 1 atom stereocenters. The first-order valence-electron chi connectivity index (χ1n) is 9.43. The number of benzene rings is 1. The summed E-state index contributed by atoms with van der Waals surface area (Å²) in [6.07, 6.45) is 3.43. The molecule has 2 saturated heterocycles. The van der Waals surface area contributed by atoms with Crippen LogP contribution in [0, 0.1) is 5.41 Å². The summed E-state index contributed by atoms with van der Waals surface area (Å²) in [4.78, 5) is 19.4. The van der Waals surface area contributed by atoms with E-state index in [9.17, 15) is 13.2 Å². The lowest BCUT2D eigenvalue weighted by Gasteiger charge is -2.38. The van der Waals surface area contributed by atoms with Gasteiger partial charge in [0.2, 0.25) is 15.9 Å². The summed E-state index contributed by atoms with van der Waals surface area (Å²) in [5, 5.41) is 0.504. The predicted molar refractivity (Wildman–Crippen MR) is 110 cm³/mol. The molecule has 1 aromatic carbocycles. The molecule has 0 aliphatic carbocycles. The lowest BCUT2D eigenvalue weighted by Crippen LogP contribution is -2.49. The lowest BCUT2D eigenvalue weighted by atomic mass is 9.79. The van der Waals surface area contributed by atoms with Gasteiger partial charge in [-0.25, -0.2) is 13.4 Å². The van der Waals surface area contributed by atoms with Crippen molar-refractivity contribution in [2.24, 2.45) is 5.41 Å². The van der Waals surface area contributed by atoms with Crippen molar-refractivity contribution >= 4 is 33.3 Å². The van der Waals surface area contributed by atoms with E-state index in [2.05, 4.69) is 4.98 Å². The number of pyridine rings is 1. The van der Waals surface area contributed by atoms with Gasteiger partial charge in [0.15, 0.2) is 0 Å². The van der Waals surface area contributed by atoms with Crippen LogP contribution in [0.4, 0.5) is 5.82 Å². The highest BCUT2D eigenvalue weighted by atomic mass is 35.5. The number of methoxy groups -OCH3 is 1. The van der Waals surface area contributed by atoms with Crippen LogP contribution in [-0.2, 0) is 14.8 Å². The fourth-order valence-electron chi connectivity index (χ4n) is 4.14. The lowest BCUT2D eigenvalue weighted by molar-refractivity contribution is -0.127. The Kier molecular flexibility index (Phi) is 5.27. The van der Waals surface area contributed by atoms with Crippen LogP contribution in [0.1, 0.15) is 19.3 Å². The quantitative estimate of drug-likeness (QED) is 0.737. The number of amides is 1. The minimum absolute atomic E-state index is 0.0676. The van der Waals surface area contributed by atoms with Gasteiger partial charge in [0, 0.05) is 25.8 Å². The van der Waals surface area contributed by atoms with Crippen molar-refractivity contribution in [1.82, 2.24) is 9.29 Å². The highest BCUT2D eigenvalue weighted by Gasteiger charge is 2.51. The van der Waals surface area contributed by atoms with Crippen molar-refractivity contribution in [2.45, 2.75) is 24.2 Å². The fourth-order valence-corrected chi connectivity index (χ4v) is 5.81. The van der Waals surface area contributed by atoms with Gasteiger partial charge in [-0.15, -0.1) is 0 Å². The van der Waals surface area contributed by atoms with Crippen molar-refractivity contribution in [3.8, 4) is 5.75 Å². The van der Waals surface area contributed by atoms with E-state index in [1.165, 1.54) is 29.7 Å². The summed E-state index contributed by atoms with van der Waals surface area (Å²) >= 11 is 5.90. The Hall–Kier alpha value is -2.16. The second-order valence-corrected chi connectivity index (χ2v) is 9.81. The zero-order valence-electron chi connectivity index (χ0n) is 16.0. The predicted octanol–water partition coefficient (Wildman–Crippen LogP) is 2.95. The first kappa shape index (κ1) is 20.1. The van der Waals surface area contributed by atoms with Crippen molar-refractivity contribution in [1.29, 1.82) is 0 Å². The summed E-state index contributed by atoms with van der Waals surface area (Å²) < 4.78 is 32.9. The van der Waals surface area contributed by atoms with E-state index in [0.29, 0.717) is 48.9 Å². The van der Waals surface area contributed by atoms with E-state index in [4.69, 9.17) is 16.3 Å². The molecule has 0 bridgehead atoms. The molecular formula is C20H22ClN3O4S. The average molecular weight is 436 g/mol. The van der Waals surface area contributed by atoms with Crippen LogP contribution in [0.5, 0.6) is 5.75 Å². The summed E-state index contributed by atoms with van der Waals surface area (Å²) in [6, 6.07) is 9.74. The number of anilines is 1. The third-order valence-corrected chi connectivity index (χ3v) is 7.82. The molecule has 1 amide bonds. The first-order valence-corrected chi connectivity index (χ1v) is 11.3. The number of nitrogens with zero attached hydrogens (tertiary/aromatic N) is 3. The SMILES string of the molecule is COc1ccc(S(=O)(=O)N2CCCC3(CCN(c4ccc(Cl)cn4)C3=O)C2)cc1. The van der Waals surface area contributed by atoms with E-state index in [0.717, 1.165) is 0 Å². The Bertz CT molecular complexity index is 1010. The first-order chi connectivity index (χ1) is 13.9. The Morgan fingerprint density at radius 1 is 1.10 bits per heavy atom. The number of sulfonamides is 1. The number of hydrogen-bond acceptors (Lipinski definition) is 5. The van der Waals surface area contributed by atoms with E-state index >= 15 is 0 Å². The molecule has 1 aromatic heterocycles. The zero-order chi connectivity index (χ0) is 20.6. The monoisotopic (exact) mass is 435 g/mol. The molecule has 2 aromatic rings. The van der Waals surface area contributed by atoms with Crippen molar-refractivity contribution in [3.05, 3.63) is 47.6 Å². The van der Waals surface area contributed by atoms with Gasteiger partial charge in [0.05, 0.1) is 22.4 Å². The zero-order valence-corrected chi connectivity index (χ0v) is 17.6. The molecule has 154 valence electrons. The average Bonchev–Trinajstić information content (AvgIpc) is 3.04. The molecule has 7 nitrogen and oxygen atoms in total. The van der Waals surface area contributed by atoms with Gasteiger partial charge in [-0.2, -0.15) is 4.31 Å². The molecule has 29 heavy (non-hydrogen) atoms. The highest BCUT2D eigenvalue weighted by molar-refractivity contribution is 7.89. The normalized spacial score (nSPS) is 23.0. The second kappa shape index (κ2) is 7.59. The molecule has 0 N–H and O–H groups in total. The number of piperidine rings is 1. The Balaban J connectivity index is 1.57. The van der Waals surface area contributed by atoms with Crippen LogP contribution < -0.4 is 9.64 Å². The van der Waals surface area contributed by atoms with Crippen molar-refractivity contribution < 1.29 is 17.9 Å². The minimum atomic E-state index is -3.69. The number of ether oxygens (including phenoxy) is 1. The van der Waals surface area contributed by atoms with Crippen LogP contribution in [0.15, 0.2) is 47.5 Å². The molecule has 9 heteroatoms. The van der Waals surface area contributed by atoms with Gasteiger partial charge in [-0.3, -0.25) is 9.69 Å². The highest BCUT2D eigenvalue weighted by Crippen LogP contribution is 2.42. The number of aromatic nitrogens is 1. The van der Waals surface area contributed by atoms with Crippen LogP contribution in [0.3, 0.4) is 0 Å². The molecule has 3 heterocycles. The van der Waals surface area contributed by atoms with Crippen molar-refractivity contribution in [2.75, 3.05) is 31.6 Å². The molecule has 2 aliphatic heterocycles. The molecule has 1 spiro atoms. The Morgan fingerprint density at radius 2 is 1.86 bits per heavy atom. The third-order valence-electron chi connectivity index (χ3n) is 5.74. The van der Waals surface area contributed by atoms with Crippen molar-refractivity contribution in [3.63, 3.8) is 0 Å². The van der Waals surface area contributed by atoms with Gasteiger partial charge in [0.1, 0.15) is 11.6 Å². The summed E-state index contributed by atoms with van der Waals surface area (Å²) in [5.41, 5.74) is -0.709. The topological polar surface area (TPSA) is 79.8 Å². The standard InChI is InChI=1S/C20H22ClN3O4S/c1-28-16-4-6-17(7-5-16)29(26,27)23-11-2-9-20(14-23)10-12-24(19(20)25)18-8-3-15(21)13-22-18/h3-8,13H,2,9-12,14H2,1H3. The molecule has 0 saturated carbocycles. The Morgan fingerprint density at radius 3 is 2.52 bits per heavy atom. The number of rotatable bonds is 4. The largest absolute Gasteiger partial charge is 0.497 e. The molecule has 1 unspecified atom stereocenters. The van der Waals surface area contributed by atoms with Gasteiger partial charge in [-0.05, 0) is 55.7 Å². The van der Waals surface area contributed by atoms with Gasteiger partial charge in [0.25, 0.3) is 0 Å². The number of carbonyl (C=O) groups is 1. The van der Waals surface area contributed by atoms with Gasteiger partial charge >= 0.3 is 0 Å². The Labute approximate surface area is 175 Å². The number of carbonyl (C=O) groups excluding carboxylic acids is 1. The van der Waals surface area contributed by atoms with Gasteiger partial charge in [-0.1, -0.05) is 11.6 Å². The van der Waals surface area contributed by atoms with E-state index < -0.39 is 15.4 Å². The van der Waals surface area contributed by atoms with E-state index in [1.54, 1.807) is 29.2 Å². The van der Waals surface area contributed by atoms with Crippen LogP contribution in [-0.4, -0.2) is 50.4 Å². The van der Waals surface area contributed by atoms with E-state index in [1.807, 2.05) is 0 Å². The summed E-state index contributed by atoms with van der Waals surface area (Å²) in [6.45, 7) is 1.11. The summed E-state index contributed by atoms with van der Waals surface area (Å²) in [5.74, 6) is 1.07. The molecular weight excluding hydrogens is 414 g/mol. The summed E-state index contributed by atoms with van der Waals surface area (Å²) in [7, 11) is -2.16. The maximum Gasteiger partial charge on any atom is 0.243 e. The number of hydrogen-bond donors (Lipinski definition) is 0. The fraction of sp³-hybridized carbons (Fsp3) is 0.400. The molecule has 2 fully saturated rings. The maximum atomic E-state index is 13.3. The minimum Gasteiger partial charge on any atom is -0.497 e. The second-order valence-electron chi connectivity index (χ2n) is 7.44. The maximum absolute atomic E-state index is 13.3. The molecule has 0 radical (unpaired) electrons. The smallest absolute Gasteiger partial charge is 0.243 e. The van der Waals surface area contributed by atoms with Crippen LogP contribution in [0.2, 0.25) is 5.02 Å². The van der Waals surface area contributed by atoms with Crippen LogP contribution in [0.25, 0.3) is 0 Å². The third kappa shape index (κ3) is 3.60. The van der Waals surface area contributed by atoms with Crippen LogP contribution >= 0.6 is 11.6 Å². The number of halogens is 1. The molecule has 4 rings (SSSR count). The molecule has 2 aliphatic rings. The van der Waals surface area contributed by atoms with E-state index in [-0.39, 0.29) is 17.3 Å².